The monoisotopic (exact) mass is 349 g/mol. The molecule has 0 radical (unpaired) electrons. The number of aryl methyl sites for hydroxylation is 1. The minimum atomic E-state index is -3.65. The summed E-state index contributed by atoms with van der Waals surface area (Å²) < 4.78 is 32.0. The maximum absolute atomic E-state index is 12.3. The standard InChI is InChI=1S/C16H19N3O4S/c1-12-10-13(18-23-12)11-17-24(21,22)15-7-5-14(6-8-15)19-9-3-2-4-16(19)20/h5-8,10,17H,2-4,9,11H2,1H3. The van der Waals surface area contributed by atoms with Crippen LogP contribution in [-0.2, 0) is 21.4 Å². The molecule has 1 aromatic heterocycles. The van der Waals surface area contributed by atoms with Crippen molar-refractivity contribution in [2.24, 2.45) is 0 Å². The molecule has 0 bridgehead atoms. The van der Waals surface area contributed by atoms with Crippen LogP contribution in [0.1, 0.15) is 30.7 Å². The normalized spacial score (nSPS) is 15.7. The zero-order valence-corrected chi connectivity index (χ0v) is 14.2. The first kappa shape index (κ1) is 16.7. The maximum atomic E-state index is 12.3. The molecule has 128 valence electrons. The number of piperidine rings is 1. The number of benzene rings is 1. The third kappa shape index (κ3) is 3.65. The van der Waals surface area contributed by atoms with Gasteiger partial charge >= 0.3 is 0 Å². The Morgan fingerprint density at radius 3 is 2.62 bits per heavy atom. The molecule has 1 aliphatic rings. The van der Waals surface area contributed by atoms with Crippen molar-refractivity contribution in [1.82, 2.24) is 9.88 Å². The van der Waals surface area contributed by atoms with Gasteiger partial charge in [-0.25, -0.2) is 13.1 Å². The first-order valence-corrected chi connectivity index (χ1v) is 9.26. The number of sulfonamides is 1. The van der Waals surface area contributed by atoms with Crippen LogP contribution in [0.3, 0.4) is 0 Å². The molecule has 1 fully saturated rings. The summed E-state index contributed by atoms with van der Waals surface area (Å²) in [4.78, 5) is 13.8. The van der Waals surface area contributed by atoms with Gasteiger partial charge in [-0.1, -0.05) is 5.16 Å². The summed E-state index contributed by atoms with van der Waals surface area (Å²) in [6.45, 7) is 2.48. The topological polar surface area (TPSA) is 92.5 Å². The predicted octanol–water partition coefficient (Wildman–Crippen LogP) is 1.98. The van der Waals surface area contributed by atoms with Crippen molar-refractivity contribution in [3.05, 3.63) is 41.8 Å². The van der Waals surface area contributed by atoms with E-state index < -0.39 is 10.0 Å². The lowest BCUT2D eigenvalue weighted by atomic mass is 10.1. The molecular formula is C16H19N3O4S. The van der Waals surface area contributed by atoms with Crippen LogP contribution in [0.4, 0.5) is 5.69 Å². The highest BCUT2D eigenvalue weighted by atomic mass is 32.2. The van der Waals surface area contributed by atoms with Crippen molar-refractivity contribution < 1.29 is 17.7 Å². The molecule has 1 N–H and O–H groups in total. The Kier molecular flexibility index (Phi) is 4.68. The number of anilines is 1. The van der Waals surface area contributed by atoms with E-state index in [2.05, 4.69) is 9.88 Å². The van der Waals surface area contributed by atoms with E-state index in [0.29, 0.717) is 24.4 Å². The molecule has 0 unspecified atom stereocenters. The van der Waals surface area contributed by atoms with Crippen molar-refractivity contribution >= 4 is 21.6 Å². The Bertz CT molecular complexity index is 827. The number of nitrogens with one attached hydrogen (secondary N) is 1. The third-order valence-electron chi connectivity index (χ3n) is 3.90. The average molecular weight is 349 g/mol. The summed E-state index contributed by atoms with van der Waals surface area (Å²) in [5, 5.41) is 3.75. The number of amides is 1. The molecule has 24 heavy (non-hydrogen) atoms. The molecule has 0 spiro atoms. The Morgan fingerprint density at radius 2 is 2.00 bits per heavy atom. The van der Waals surface area contributed by atoms with Crippen LogP contribution in [0.5, 0.6) is 0 Å². The summed E-state index contributed by atoms with van der Waals surface area (Å²) >= 11 is 0. The summed E-state index contributed by atoms with van der Waals surface area (Å²) in [7, 11) is -3.65. The zero-order valence-electron chi connectivity index (χ0n) is 13.4. The van der Waals surface area contributed by atoms with E-state index >= 15 is 0 Å². The fourth-order valence-electron chi connectivity index (χ4n) is 2.64. The van der Waals surface area contributed by atoms with Gasteiger partial charge < -0.3 is 9.42 Å². The van der Waals surface area contributed by atoms with Gasteiger partial charge in [-0.3, -0.25) is 4.79 Å². The van der Waals surface area contributed by atoms with Crippen LogP contribution in [0.15, 0.2) is 39.8 Å². The van der Waals surface area contributed by atoms with Crippen LogP contribution < -0.4 is 9.62 Å². The van der Waals surface area contributed by atoms with Gasteiger partial charge in [0.05, 0.1) is 17.1 Å². The summed E-state index contributed by atoms with van der Waals surface area (Å²) in [6, 6.07) is 8.02. The molecule has 0 atom stereocenters. The number of aromatic nitrogens is 1. The Labute approximate surface area is 140 Å². The number of hydrogen-bond donors (Lipinski definition) is 1. The average Bonchev–Trinajstić information content (AvgIpc) is 2.99. The number of carbonyl (C=O) groups is 1. The lowest BCUT2D eigenvalue weighted by Gasteiger charge is -2.26. The predicted molar refractivity (Wildman–Crippen MR) is 87.9 cm³/mol. The van der Waals surface area contributed by atoms with E-state index in [-0.39, 0.29) is 17.3 Å². The van der Waals surface area contributed by atoms with Crippen LogP contribution in [0.2, 0.25) is 0 Å². The maximum Gasteiger partial charge on any atom is 0.240 e. The molecule has 0 aliphatic carbocycles. The van der Waals surface area contributed by atoms with E-state index in [0.717, 1.165) is 18.5 Å². The molecule has 1 saturated heterocycles. The molecule has 1 aromatic carbocycles. The number of hydrogen-bond acceptors (Lipinski definition) is 5. The Hall–Kier alpha value is -2.19. The third-order valence-corrected chi connectivity index (χ3v) is 5.32. The van der Waals surface area contributed by atoms with Gasteiger partial charge in [-0.15, -0.1) is 0 Å². The van der Waals surface area contributed by atoms with Crippen molar-refractivity contribution in [2.75, 3.05) is 11.4 Å². The van der Waals surface area contributed by atoms with Crippen LogP contribution in [-0.4, -0.2) is 26.0 Å². The molecule has 7 nitrogen and oxygen atoms in total. The Morgan fingerprint density at radius 1 is 1.25 bits per heavy atom. The first-order valence-electron chi connectivity index (χ1n) is 7.78. The molecule has 2 heterocycles. The second-order valence-electron chi connectivity index (χ2n) is 5.75. The van der Waals surface area contributed by atoms with Crippen LogP contribution >= 0.6 is 0 Å². The van der Waals surface area contributed by atoms with Gasteiger partial charge in [-0.2, -0.15) is 0 Å². The van der Waals surface area contributed by atoms with Gasteiger partial charge in [-0.05, 0) is 44.0 Å². The first-order chi connectivity index (χ1) is 11.5. The van der Waals surface area contributed by atoms with Crippen molar-refractivity contribution in [3.63, 3.8) is 0 Å². The fraction of sp³-hybridized carbons (Fsp3) is 0.375. The van der Waals surface area contributed by atoms with Gasteiger partial charge in [0.25, 0.3) is 0 Å². The van der Waals surface area contributed by atoms with E-state index in [9.17, 15) is 13.2 Å². The van der Waals surface area contributed by atoms with E-state index in [1.165, 1.54) is 12.1 Å². The van der Waals surface area contributed by atoms with Crippen molar-refractivity contribution in [3.8, 4) is 0 Å². The minimum Gasteiger partial charge on any atom is -0.361 e. The molecular weight excluding hydrogens is 330 g/mol. The molecule has 3 rings (SSSR count). The molecule has 1 aliphatic heterocycles. The van der Waals surface area contributed by atoms with Gasteiger partial charge in [0, 0.05) is 24.7 Å². The largest absolute Gasteiger partial charge is 0.361 e. The van der Waals surface area contributed by atoms with E-state index in [4.69, 9.17) is 4.52 Å². The van der Waals surface area contributed by atoms with Crippen LogP contribution in [0.25, 0.3) is 0 Å². The smallest absolute Gasteiger partial charge is 0.240 e. The van der Waals surface area contributed by atoms with Gasteiger partial charge in [0.15, 0.2) is 0 Å². The summed E-state index contributed by atoms with van der Waals surface area (Å²) in [5.41, 5.74) is 1.25. The lowest BCUT2D eigenvalue weighted by Crippen LogP contribution is -2.35. The van der Waals surface area contributed by atoms with Crippen molar-refractivity contribution in [2.45, 2.75) is 37.6 Å². The summed E-state index contributed by atoms with van der Waals surface area (Å²) in [5.74, 6) is 0.705. The minimum absolute atomic E-state index is 0.0615. The molecule has 0 saturated carbocycles. The zero-order chi connectivity index (χ0) is 17.2. The lowest BCUT2D eigenvalue weighted by molar-refractivity contribution is -0.119. The van der Waals surface area contributed by atoms with Crippen LogP contribution in [0, 0.1) is 6.92 Å². The van der Waals surface area contributed by atoms with Gasteiger partial charge in [0.2, 0.25) is 15.9 Å². The van der Waals surface area contributed by atoms with Crippen molar-refractivity contribution in [1.29, 1.82) is 0 Å². The number of nitrogens with zero attached hydrogens (tertiary/aromatic N) is 2. The van der Waals surface area contributed by atoms with Gasteiger partial charge in [0.1, 0.15) is 5.76 Å². The second kappa shape index (κ2) is 6.74. The summed E-state index contributed by atoms with van der Waals surface area (Å²) in [6.07, 6.45) is 2.41. The van der Waals surface area contributed by atoms with E-state index in [1.807, 2.05) is 0 Å². The molecule has 1 amide bonds. The highest BCUT2D eigenvalue weighted by Crippen LogP contribution is 2.22. The SMILES string of the molecule is Cc1cc(CNS(=O)(=O)c2ccc(N3CCCCC3=O)cc2)no1. The number of carbonyl (C=O) groups excluding carboxylic acids is 1. The number of rotatable bonds is 5. The highest BCUT2D eigenvalue weighted by molar-refractivity contribution is 7.89. The quantitative estimate of drug-likeness (QED) is 0.891. The fourth-order valence-corrected chi connectivity index (χ4v) is 3.64. The Balaban J connectivity index is 1.70. The molecule has 2 aromatic rings. The van der Waals surface area contributed by atoms with E-state index in [1.54, 1.807) is 30.0 Å². The highest BCUT2D eigenvalue weighted by Gasteiger charge is 2.21. The molecule has 8 heteroatoms. The second-order valence-corrected chi connectivity index (χ2v) is 7.52.